The highest BCUT2D eigenvalue weighted by atomic mass is 79.9. The summed E-state index contributed by atoms with van der Waals surface area (Å²) in [6.07, 6.45) is 4.59. The number of carbonyl (C=O) groups is 1. The lowest BCUT2D eigenvalue weighted by Crippen LogP contribution is -2.41. The van der Waals surface area contributed by atoms with E-state index in [1.54, 1.807) is 18.0 Å². The Morgan fingerprint density at radius 2 is 2.15 bits per heavy atom. The van der Waals surface area contributed by atoms with E-state index < -0.39 is 5.97 Å². The smallest absolute Gasteiger partial charge is 0.376 e. The zero-order chi connectivity index (χ0) is 19.1. The average Bonchev–Trinajstić information content (AvgIpc) is 2.97. The second kappa shape index (κ2) is 9.56. The summed E-state index contributed by atoms with van der Waals surface area (Å²) in [5.41, 5.74) is 0.866. The van der Waals surface area contributed by atoms with Crippen LogP contribution in [0.3, 0.4) is 0 Å². The Labute approximate surface area is 161 Å². The van der Waals surface area contributed by atoms with Crippen molar-refractivity contribution in [2.75, 3.05) is 24.6 Å². The molecule has 0 saturated heterocycles. The molecule has 26 heavy (non-hydrogen) atoms. The van der Waals surface area contributed by atoms with Crippen molar-refractivity contribution in [2.24, 2.45) is 0 Å². The van der Waals surface area contributed by atoms with Gasteiger partial charge in [-0.2, -0.15) is 0 Å². The number of halogens is 1. The molecular formula is C18H25BrN4O3. The van der Waals surface area contributed by atoms with Crippen LogP contribution in [-0.4, -0.2) is 36.6 Å². The molecule has 0 radical (unpaired) electrons. The van der Waals surface area contributed by atoms with Gasteiger partial charge in [-0.05, 0) is 42.3 Å². The molecule has 2 rings (SSSR count). The number of furan rings is 1. The van der Waals surface area contributed by atoms with Gasteiger partial charge in [0.05, 0.1) is 12.0 Å². The van der Waals surface area contributed by atoms with Gasteiger partial charge in [0.1, 0.15) is 5.69 Å². The van der Waals surface area contributed by atoms with E-state index in [9.17, 15) is 4.79 Å². The van der Waals surface area contributed by atoms with Gasteiger partial charge >= 0.3 is 5.97 Å². The zero-order valence-electron chi connectivity index (χ0n) is 15.4. The van der Waals surface area contributed by atoms with Crippen LogP contribution in [0.5, 0.6) is 0 Å². The number of nitrogens with zero attached hydrogens (tertiary/aromatic N) is 2. The Morgan fingerprint density at radius 3 is 2.81 bits per heavy atom. The first-order valence-electron chi connectivity index (χ1n) is 8.88. The normalized spacial score (nSPS) is 10.8. The summed E-state index contributed by atoms with van der Waals surface area (Å²) in [5, 5.41) is 12.1. The van der Waals surface area contributed by atoms with E-state index in [1.807, 2.05) is 13.0 Å². The number of hydrogen-bond donors (Lipinski definition) is 2. The minimum absolute atomic E-state index is 0.0756. The maximum absolute atomic E-state index is 12.5. The fourth-order valence-corrected chi connectivity index (χ4v) is 3.00. The average molecular weight is 425 g/mol. The van der Waals surface area contributed by atoms with Crippen molar-refractivity contribution in [3.63, 3.8) is 0 Å². The standard InChI is InChI=1S/C18H25BrN4O3/c1-4-7-8-9-23(18(20)21-5-2)14-13-10-12(19)11-22-16(13)26-15(14)17(24)25-6-3/h10-11H,4-9H2,1-3H3,(H2,20,21). The van der Waals surface area contributed by atoms with Crippen LogP contribution in [0.1, 0.15) is 50.6 Å². The number of esters is 1. The number of fused-ring (bicyclic) bond motifs is 1. The van der Waals surface area contributed by atoms with Crippen LogP contribution >= 0.6 is 15.9 Å². The molecule has 2 N–H and O–H groups in total. The van der Waals surface area contributed by atoms with Crippen LogP contribution in [0.4, 0.5) is 5.69 Å². The van der Waals surface area contributed by atoms with Gasteiger partial charge in [0, 0.05) is 23.8 Å². The van der Waals surface area contributed by atoms with Gasteiger partial charge in [-0.25, -0.2) is 9.78 Å². The summed E-state index contributed by atoms with van der Waals surface area (Å²) in [5.74, 6) is -0.259. The molecule has 142 valence electrons. The number of nitrogens with one attached hydrogen (secondary N) is 2. The number of carbonyl (C=O) groups excluding carboxylic acids is 1. The van der Waals surface area contributed by atoms with Crippen LogP contribution in [-0.2, 0) is 4.74 Å². The molecule has 0 amide bonds. The quantitative estimate of drug-likeness (QED) is 0.284. The molecule has 0 aromatic carbocycles. The first-order chi connectivity index (χ1) is 12.5. The third-order valence-electron chi connectivity index (χ3n) is 3.82. The topological polar surface area (TPSA) is 91.5 Å². The zero-order valence-corrected chi connectivity index (χ0v) is 17.0. The fraction of sp³-hybridized carbons (Fsp3) is 0.500. The summed E-state index contributed by atoms with van der Waals surface area (Å²) < 4.78 is 11.6. The van der Waals surface area contributed by atoms with Crippen LogP contribution in [0.2, 0.25) is 0 Å². The Kier molecular flexibility index (Phi) is 7.44. The molecule has 2 aromatic heterocycles. The van der Waals surface area contributed by atoms with E-state index in [2.05, 4.69) is 33.2 Å². The first-order valence-corrected chi connectivity index (χ1v) is 9.67. The summed E-state index contributed by atoms with van der Waals surface area (Å²) in [7, 11) is 0. The second-order valence-corrected chi connectivity index (χ2v) is 6.66. The predicted octanol–water partition coefficient (Wildman–Crippen LogP) is 4.31. The minimum atomic E-state index is -0.554. The van der Waals surface area contributed by atoms with Gasteiger partial charge in [0.15, 0.2) is 5.96 Å². The third kappa shape index (κ3) is 4.55. The number of unbranched alkanes of at least 4 members (excludes halogenated alkanes) is 2. The summed E-state index contributed by atoms with van der Waals surface area (Å²) in [4.78, 5) is 18.5. The highest BCUT2D eigenvalue weighted by Crippen LogP contribution is 2.35. The van der Waals surface area contributed by atoms with E-state index in [1.165, 1.54) is 0 Å². The Morgan fingerprint density at radius 1 is 1.38 bits per heavy atom. The molecule has 0 aliphatic rings. The maximum atomic E-state index is 12.5. The van der Waals surface area contributed by atoms with Crippen LogP contribution < -0.4 is 10.2 Å². The predicted molar refractivity (Wildman–Crippen MR) is 106 cm³/mol. The van der Waals surface area contributed by atoms with E-state index in [0.29, 0.717) is 29.9 Å². The number of anilines is 1. The van der Waals surface area contributed by atoms with Crippen LogP contribution in [0, 0.1) is 5.41 Å². The number of aromatic nitrogens is 1. The van der Waals surface area contributed by atoms with E-state index >= 15 is 0 Å². The number of pyridine rings is 1. The van der Waals surface area contributed by atoms with Gasteiger partial charge < -0.3 is 19.4 Å². The van der Waals surface area contributed by atoms with Gasteiger partial charge in [0.2, 0.25) is 11.5 Å². The third-order valence-corrected chi connectivity index (χ3v) is 4.25. The van der Waals surface area contributed by atoms with Crippen molar-refractivity contribution >= 4 is 44.6 Å². The summed E-state index contributed by atoms with van der Waals surface area (Å²) in [6, 6.07) is 1.84. The number of guanidine groups is 1. The molecule has 0 bridgehead atoms. The molecule has 0 spiro atoms. The SMILES string of the molecule is CCCCCN(C(=N)NCC)c1c(C(=O)OCC)oc2ncc(Br)cc12. The Balaban J connectivity index is 2.58. The molecular weight excluding hydrogens is 400 g/mol. The molecule has 0 atom stereocenters. The van der Waals surface area contributed by atoms with Crippen molar-refractivity contribution in [3.8, 4) is 0 Å². The van der Waals surface area contributed by atoms with Crippen molar-refractivity contribution in [1.82, 2.24) is 10.3 Å². The molecule has 0 aliphatic heterocycles. The lowest BCUT2D eigenvalue weighted by molar-refractivity contribution is 0.0493. The van der Waals surface area contributed by atoms with Crippen LogP contribution in [0.15, 0.2) is 21.2 Å². The molecule has 0 unspecified atom stereocenters. The summed E-state index contributed by atoms with van der Waals surface area (Å²) in [6.45, 7) is 7.24. The van der Waals surface area contributed by atoms with Gasteiger partial charge in [-0.1, -0.05) is 19.8 Å². The van der Waals surface area contributed by atoms with Crippen molar-refractivity contribution in [3.05, 3.63) is 22.5 Å². The van der Waals surface area contributed by atoms with Crippen LogP contribution in [0.25, 0.3) is 11.1 Å². The van der Waals surface area contributed by atoms with Crippen molar-refractivity contribution < 1.29 is 13.9 Å². The second-order valence-electron chi connectivity index (χ2n) is 5.74. The highest BCUT2D eigenvalue weighted by molar-refractivity contribution is 9.10. The van der Waals surface area contributed by atoms with E-state index in [0.717, 1.165) is 23.7 Å². The van der Waals surface area contributed by atoms with Gasteiger partial charge in [-0.15, -0.1) is 0 Å². The number of ether oxygens (including phenoxy) is 1. The molecule has 2 aromatic rings. The minimum Gasteiger partial charge on any atom is -0.460 e. The Hall–Kier alpha value is -2.09. The van der Waals surface area contributed by atoms with Crippen molar-refractivity contribution in [1.29, 1.82) is 5.41 Å². The van der Waals surface area contributed by atoms with E-state index in [4.69, 9.17) is 14.6 Å². The highest BCUT2D eigenvalue weighted by Gasteiger charge is 2.28. The molecule has 7 nitrogen and oxygen atoms in total. The Bertz CT molecular complexity index is 775. The van der Waals surface area contributed by atoms with Crippen molar-refractivity contribution in [2.45, 2.75) is 40.0 Å². The van der Waals surface area contributed by atoms with Gasteiger partial charge in [0.25, 0.3) is 0 Å². The number of hydrogen-bond acceptors (Lipinski definition) is 5. The maximum Gasteiger partial charge on any atom is 0.376 e. The molecule has 8 heteroatoms. The first kappa shape index (κ1) is 20.2. The molecule has 0 saturated carbocycles. The fourth-order valence-electron chi connectivity index (χ4n) is 2.67. The largest absolute Gasteiger partial charge is 0.460 e. The number of rotatable bonds is 8. The molecule has 0 fully saturated rings. The lowest BCUT2D eigenvalue weighted by Gasteiger charge is -2.25. The monoisotopic (exact) mass is 424 g/mol. The molecule has 0 aliphatic carbocycles. The van der Waals surface area contributed by atoms with Gasteiger partial charge in [-0.3, -0.25) is 5.41 Å². The molecule has 2 heterocycles. The lowest BCUT2D eigenvalue weighted by atomic mass is 10.2. The van der Waals surface area contributed by atoms with E-state index in [-0.39, 0.29) is 18.3 Å². The summed E-state index contributed by atoms with van der Waals surface area (Å²) >= 11 is 3.42.